The predicted molar refractivity (Wildman–Crippen MR) is 54.6 cm³/mol. The maximum atomic E-state index is 11.9. The van der Waals surface area contributed by atoms with E-state index in [1.807, 2.05) is 0 Å². The van der Waals surface area contributed by atoms with Crippen molar-refractivity contribution in [3.63, 3.8) is 0 Å². The molecule has 0 spiro atoms. The Kier molecular flexibility index (Phi) is 4.44. The zero-order chi connectivity index (χ0) is 12.0. The first-order valence-electron chi connectivity index (χ1n) is 4.50. The van der Waals surface area contributed by atoms with Crippen LogP contribution in [0.1, 0.15) is 5.56 Å². The van der Waals surface area contributed by atoms with Crippen LogP contribution in [0.3, 0.4) is 0 Å². The van der Waals surface area contributed by atoms with Gasteiger partial charge in [0.05, 0.1) is 0 Å². The number of carboxylic acids is 1. The van der Waals surface area contributed by atoms with Crippen molar-refractivity contribution in [3.8, 4) is 5.75 Å². The van der Waals surface area contributed by atoms with E-state index in [1.165, 1.54) is 18.2 Å². The molecule has 0 aromatic heterocycles. The second kappa shape index (κ2) is 5.85. The standard InChI is InChI=1S/C11H10F2O3/c12-10(13)7-16-9-3-1-2-8(6-9)4-5-11(14)15/h1-6,10H,7H2,(H,14,15)/b5-4+. The third-order valence-corrected chi connectivity index (χ3v) is 1.65. The molecule has 0 aliphatic heterocycles. The number of hydrogen-bond acceptors (Lipinski definition) is 2. The van der Waals surface area contributed by atoms with E-state index in [1.54, 1.807) is 12.1 Å². The highest BCUT2D eigenvalue weighted by molar-refractivity contribution is 5.85. The van der Waals surface area contributed by atoms with E-state index < -0.39 is 19.0 Å². The van der Waals surface area contributed by atoms with E-state index in [0.29, 0.717) is 5.56 Å². The van der Waals surface area contributed by atoms with Gasteiger partial charge in [-0.05, 0) is 23.8 Å². The SMILES string of the molecule is O=C(O)/C=C/c1cccc(OCC(F)F)c1. The molecule has 0 radical (unpaired) electrons. The highest BCUT2D eigenvalue weighted by Gasteiger charge is 2.03. The van der Waals surface area contributed by atoms with Crippen molar-refractivity contribution < 1.29 is 23.4 Å². The highest BCUT2D eigenvalue weighted by atomic mass is 19.3. The average molecular weight is 228 g/mol. The van der Waals surface area contributed by atoms with Gasteiger partial charge in [0, 0.05) is 6.08 Å². The fourth-order valence-corrected chi connectivity index (χ4v) is 1.03. The Hall–Kier alpha value is -1.91. The second-order valence-corrected chi connectivity index (χ2v) is 2.95. The van der Waals surface area contributed by atoms with E-state index in [-0.39, 0.29) is 5.75 Å². The molecule has 1 N–H and O–H groups in total. The zero-order valence-corrected chi connectivity index (χ0v) is 8.27. The van der Waals surface area contributed by atoms with E-state index in [0.717, 1.165) is 6.08 Å². The molecule has 0 unspecified atom stereocenters. The number of aliphatic carboxylic acids is 1. The summed E-state index contributed by atoms with van der Waals surface area (Å²) in [6, 6.07) is 6.26. The summed E-state index contributed by atoms with van der Waals surface area (Å²) in [6.07, 6.45) is -0.206. The fourth-order valence-electron chi connectivity index (χ4n) is 1.03. The lowest BCUT2D eigenvalue weighted by atomic mass is 10.2. The molecule has 0 heterocycles. The minimum atomic E-state index is -2.53. The smallest absolute Gasteiger partial charge is 0.328 e. The minimum absolute atomic E-state index is 0.285. The van der Waals surface area contributed by atoms with Crippen LogP contribution in [-0.4, -0.2) is 24.1 Å². The van der Waals surface area contributed by atoms with Crippen molar-refractivity contribution in [2.75, 3.05) is 6.61 Å². The first kappa shape index (κ1) is 12.2. The monoisotopic (exact) mass is 228 g/mol. The van der Waals surface area contributed by atoms with Crippen LogP contribution in [0.25, 0.3) is 6.08 Å². The molecular weight excluding hydrogens is 218 g/mol. The molecule has 86 valence electrons. The van der Waals surface area contributed by atoms with Gasteiger partial charge in [-0.1, -0.05) is 12.1 Å². The van der Waals surface area contributed by atoms with Crippen molar-refractivity contribution in [1.82, 2.24) is 0 Å². The number of alkyl halides is 2. The molecule has 1 aromatic carbocycles. The normalized spacial score (nSPS) is 10.9. The van der Waals surface area contributed by atoms with Gasteiger partial charge in [0.25, 0.3) is 6.43 Å². The van der Waals surface area contributed by atoms with Gasteiger partial charge in [0.1, 0.15) is 12.4 Å². The van der Waals surface area contributed by atoms with E-state index >= 15 is 0 Å². The van der Waals surface area contributed by atoms with Crippen molar-refractivity contribution in [3.05, 3.63) is 35.9 Å². The predicted octanol–water partition coefficient (Wildman–Crippen LogP) is 2.43. The number of carboxylic acid groups (broad SMARTS) is 1. The summed E-state index contributed by atoms with van der Waals surface area (Å²) >= 11 is 0. The van der Waals surface area contributed by atoms with Crippen molar-refractivity contribution in [1.29, 1.82) is 0 Å². The maximum absolute atomic E-state index is 11.9. The zero-order valence-electron chi connectivity index (χ0n) is 8.27. The van der Waals surface area contributed by atoms with Gasteiger partial charge in [-0.25, -0.2) is 13.6 Å². The molecule has 1 rings (SSSR count). The van der Waals surface area contributed by atoms with Gasteiger partial charge in [0.15, 0.2) is 0 Å². The molecule has 0 fully saturated rings. The number of carbonyl (C=O) groups is 1. The molecule has 0 saturated carbocycles. The van der Waals surface area contributed by atoms with Gasteiger partial charge < -0.3 is 9.84 Å². The van der Waals surface area contributed by atoms with Gasteiger partial charge in [-0.3, -0.25) is 0 Å². The quantitative estimate of drug-likeness (QED) is 0.787. The van der Waals surface area contributed by atoms with Crippen molar-refractivity contribution in [2.24, 2.45) is 0 Å². The van der Waals surface area contributed by atoms with Gasteiger partial charge >= 0.3 is 5.97 Å². The summed E-state index contributed by atoms with van der Waals surface area (Å²) in [5.41, 5.74) is 0.578. The van der Waals surface area contributed by atoms with Crippen LogP contribution >= 0.6 is 0 Å². The van der Waals surface area contributed by atoms with Gasteiger partial charge in [-0.15, -0.1) is 0 Å². The Morgan fingerprint density at radius 3 is 2.88 bits per heavy atom. The minimum Gasteiger partial charge on any atom is -0.488 e. The largest absolute Gasteiger partial charge is 0.488 e. The fraction of sp³-hybridized carbons (Fsp3) is 0.182. The van der Waals surface area contributed by atoms with Gasteiger partial charge in [-0.2, -0.15) is 0 Å². The number of ether oxygens (including phenoxy) is 1. The van der Waals surface area contributed by atoms with Crippen LogP contribution < -0.4 is 4.74 Å². The molecule has 0 aliphatic carbocycles. The van der Waals surface area contributed by atoms with Crippen LogP contribution in [0.15, 0.2) is 30.3 Å². The molecule has 5 heteroatoms. The lowest BCUT2D eigenvalue weighted by Gasteiger charge is -2.05. The molecule has 0 atom stereocenters. The highest BCUT2D eigenvalue weighted by Crippen LogP contribution is 2.15. The lowest BCUT2D eigenvalue weighted by Crippen LogP contribution is -2.06. The Labute approximate surface area is 91.0 Å². The molecule has 0 aliphatic rings. The number of benzene rings is 1. The number of hydrogen-bond donors (Lipinski definition) is 1. The lowest BCUT2D eigenvalue weighted by molar-refractivity contribution is -0.131. The Morgan fingerprint density at radius 2 is 2.25 bits per heavy atom. The van der Waals surface area contributed by atoms with Crippen LogP contribution in [0, 0.1) is 0 Å². The molecule has 16 heavy (non-hydrogen) atoms. The first-order chi connectivity index (χ1) is 7.58. The molecule has 3 nitrogen and oxygen atoms in total. The maximum Gasteiger partial charge on any atom is 0.328 e. The van der Waals surface area contributed by atoms with Crippen molar-refractivity contribution >= 4 is 12.0 Å². The van der Waals surface area contributed by atoms with E-state index in [9.17, 15) is 13.6 Å². The Bertz CT molecular complexity index is 389. The average Bonchev–Trinajstić information content (AvgIpc) is 2.24. The van der Waals surface area contributed by atoms with E-state index in [2.05, 4.69) is 0 Å². The molecular formula is C11H10F2O3. The molecule has 0 amide bonds. The summed E-state index contributed by atoms with van der Waals surface area (Å²) < 4.78 is 28.5. The Balaban J connectivity index is 2.67. The van der Waals surface area contributed by atoms with Crippen LogP contribution in [0.4, 0.5) is 8.78 Å². The topological polar surface area (TPSA) is 46.5 Å². The van der Waals surface area contributed by atoms with Crippen molar-refractivity contribution in [2.45, 2.75) is 6.43 Å². The summed E-state index contributed by atoms with van der Waals surface area (Å²) in [6.45, 7) is -0.675. The summed E-state index contributed by atoms with van der Waals surface area (Å²) in [7, 11) is 0. The Morgan fingerprint density at radius 1 is 1.50 bits per heavy atom. The molecule has 1 aromatic rings. The van der Waals surface area contributed by atoms with Crippen LogP contribution in [-0.2, 0) is 4.79 Å². The van der Waals surface area contributed by atoms with Gasteiger partial charge in [0.2, 0.25) is 0 Å². The molecule has 0 saturated heterocycles. The third-order valence-electron chi connectivity index (χ3n) is 1.65. The second-order valence-electron chi connectivity index (χ2n) is 2.95. The first-order valence-corrected chi connectivity index (χ1v) is 4.50. The third kappa shape index (κ3) is 4.54. The van der Waals surface area contributed by atoms with Crippen LogP contribution in [0.2, 0.25) is 0 Å². The van der Waals surface area contributed by atoms with Crippen LogP contribution in [0.5, 0.6) is 5.75 Å². The molecule has 0 bridgehead atoms. The van der Waals surface area contributed by atoms with E-state index in [4.69, 9.17) is 9.84 Å². The number of halogens is 2. The summed E-state index contributed by atoms with van der Waals surface area (Å²) in [5.74, 6) is -0.785. The summed E-state index contributed by atoms with van der Waals surface area (Å²) in [5, 5.41) is 8.40. The summed E-state index contributed by atoms with van der Waals surface area (Å²) in [4.78, 5) is 10.3. The number of rotatable bonds is 5.